The zero-order chi connectivity index (χ0) is 20.4. The van der Waals surface area contributed by atoms with E-state index in [0.717, 1.165) is 18.2 Å². The molecule has 2 aliphatic rings. The molecule has 1 N–H and O–H groups in total. The molecule has 0 aliphatic carbocycles. The number of piperidine rings is 1. The molecule has 28 heavy (non-hydrogen) atoms. The first-order valence-corrected chi connectivity index (χ1v) is 10.1. The first-order chi connectivity index (χ1) is 13.3. The second-order valence-electron chi connectivity index (χ2n) is 6.63. The van der Waals surface area contributed by atoms with Crippen LogP contribution in [0.15, 0.2) is 29.2 Å². The second-order valence-corrected chi connectivity index (χ2v) is 8.31. The Kier molecular flexibility index (Phi) is 6.14. The van der Waals surface area contributed by atoms with E-state index in [0.29, 0.717) is 19.4 Å². The average Bonchev–Trinajstić information content (AvgIpc) is 2.95. The van der Waals surface area contributed by atoms with Crippen molar-refractivity contribution in [1.29, 1.82) is 0 Å². The van der Waals surface area contributed by atoms with Gasteiger partial charge in [0.2, 0.25) is 5.91 Å². The summed E-state index contributed by atoms with van der Waals surface area (Å²) < 4.78 is 14.1. The Balaban J connectivity index is 1.82. The number of carbonyl (C=O) groups excluding carboxylic acids is 2. The lowest BCUT2D eigenvalue weighted by atomic mass is 10.0. The Labute approximate surface area is 171 Å². The maximum atomic E-state index is 13.9. The third kappa shape index (κ3) is 3.95. The van der Waals surface area contributed by atoms with Gasteiger partial charge in [0.1, 0.15) is 22.2 Å². The van der Waals surface area contributed by atoms with Crippen LogP contribution in [-0.2, 0) is 14.4 Å². The van der Waals surface area contributed by atoms with Crippen molar-refractivity contribution < 1.29 is 23.9 Å². The lowest BCUT2D eigenvalue weighted by molar-refractivity contribution is -0.154. The molecule has 2 amide bonds. The quantitative estimate of drug-likeness (QED) is 0.594. The number of hydrogen-bond donors (Lipinski definition) is 1. The van der Waals surface area contributed by atoms with E-state index in [1.807, 2.05) is 0 Å². The minimum atomic E-state index is -1.05. The standard InChI is InChI=1S/C19H19FN2O4S2/c1-11(16(23)21-9-5-4-8-14(21)18(25)26)22-17(24)15(28-19(22)27)10-12-6-2-3-7-13(12)20/h2-3,6-7,10-11,14H,4-5,8-9H2,1H3,(H,25,26). The van der Waals surface area contributed by atoms with Gasteiger partial charge in [0.25, 0.3) is 5.91 Å². The van der Waals surface area contributed by atoms with Crippen molar-refractivity contribution in [3.8, 4) is 0 Å². The van der Waals surface area contributed by atoms with Crippen LogP contribution in [0, 0.1) is 5.82 Å². The van der Waals surface area contributed by atoms with E-state index < -0.39 is 35.7 Å². The lowest BCUT2D eigenvalue weighted by Crippen LogP contribution is -2.55. The van der Waals surface area contributed by atoms with Crippen molar-refractivity contribution in [3.63, 3.8) is 0 Å². The number of hydrogen-bond acceptors (Lipinski definition) is 5. The molecule has 0 aromatic heterocycles. The largest absolute Gasteiger partial charge is 0.480 e. The molecule has 0 saturated carbocycles. The molecule has 2 heterocycles. The molecule has 2 fully saturated rings. The fourth-order valence-electron chi connectivity index (χ4n) is 3.35. The van der Waals surface area contributed by atoms with Crippen LogP contribution < -0.4 is 0 Å². The maximum absolute atomic E-state index is 13.9. The Morgan fingerprint density at radius 3 is 2.75 bits per heavy atom. The minimum Gasteiger partial charge on any atom is -0.480 e. The molecule has 3 rings (SSSR count). The molecular weight excluding hydrogens is 403 g/mol. The molecule has 6 nitrogen and oxygen atoms in total. The van der Waals surface area contributed by atoms with Gasteiger partial charge in [0, 0.05) is 12.1 Å². The molecule has 1 aromatic carbocycles. The summed E-state index contributed by atoms with van der Waals surface area (Å²) in [5.74, 6) is -2.45. The molecular formula is C19H19FN2O4S2. The van der Waals surface area contributed by atoms with E-state index in [-0.39, 0.29) is 14.8 Å². The number of aliphatic carboxylic acids is 1. The number of thiocarbonyl (C=S) groups is 1. The summed E-state index contributed by atoms with van der Waals surface area (Å²) >= 11 is 6.27. The summed E-state index contributed by atoms with van der Waals surface area (Å²) in [6.45, 7) is 1.87. The van der Waals surface area contributed by atoms with Crippen molar-refractivity contribution in [3.05, 3.63) is 40.6 Å². The van der Waals surface area contributed by atoms with Gasteiger partial charge in [0.15, 0.2) is 0 Å². The predicted molar refractivity (Wildman–Crippen MR) is 108 cm³/mol. The number of rotatable bonds is 4. The highest BCUT2D eigenvalue weighted by Gasteiger charge is 2.42. The average molecular weight is 423 g/mol. The van der Waals surface area contributed by atoms with Crippen LogP contribution in [0.3, 0.4) is 0 Å². The summed E-state index contributed by atoms with van der Waals surface area (Å²) in [7, 11) is 0. The van der Waals surface area contributed by atoms with Gasteiger partial charge >= 0.3 is 5.97 Å². The number of carboxylic acids is 1. The highest BCUT2D eigenvalue weighted by Crippen LogP contribution is 2.35. The third-order valence-corrected chi connectivity index (χ3v) is 6.16. The Bertz CT molecular complexity index is 873. The van der Waals surface area contributed by atoms with Crippen molar-refractivity contribution in [2.75, 3.05) is 6.54 Å². The normalized spacial score (nSPS) is 22.6. The molecule has 9 heteroatoms. The first kappa shape index (κ1) is 20.5. The number of likely N-dealkylation sites (tertiary alicyclic amines) is 1. The molecule has 2 saturated heterocycles. The van der Waals surface area contributed by atoms with E-state index >= 15 is 0 Å². The number of carboxylic acid groups (broad SMARTS) is 1. The van der Waals surface area contributed by atoms with Gasteiger partial charge in [-0.15, -0.1) is 0 Å². The fourth-order valence-corrected chi connectivity index (χ4v) is 4.76. The Hall–Kier alpha value is -2.26. The zero-order valence-corrected chi connectivity index (χ0v) is 16.8. The van der Waals surface area contributed by atoms with E-state index in [4.69, 9.17) is 12.2 Å². The smallest absolute Gasteiger partial charge is 0.326 e. The lowest BCUT2D eigenvalue weighted by Gasteiger charge is -2.36. The van der Waals surface area contributed by atoms with E-state index in [1.165, 1.54) is 28.9 Å². The third-order valence-electron chi connectivity index (χ3n) is 4.83. The van der Waals surface area contributed by atoms with Crippen LogP contribution in [0.2, 0.25) is 0 Å². The summed E-state index contributed by atoms with van der Waals surface area (Å²) in [6.07, 6.45) is 3.25. The van der Waals surface area contributed by atoms with Crippen LogP contribution in [0.25, 0.3) is 6.08 Å². The molecule has 148 valence electrons. The highest BCUT2D eigenvalue weighted by atomic mass is 32.2. The van der Waals surface area contributed by atoms with Gasteiger partial charge in [-0.25, -0.2) is 9.18 Å². The van der Waals surface area contributed by atoms with E-state index in [1.54, 1.807) is 18.2 Å². The number of benzene rings is 1. The fraction of sp³-hybridized carbons (Fsp3) is 0.368. The van der Waals surface area contributed by atoms with Crippen molar-refractivity contribution in [1.82, 2.24) is 9.80 Å². The molecule has 2 atom stereocenters. The molecule has 2 unspecified atom stereocenters. The number of amides is 2. The summed E-state index contributed by atoms with van der Waals surface area (Å²) in [4.78, 5) is 39.9. The summed E-state index contributed by atoms with van der Waals surface area (Å²) in [5, 5.41) is 9.39. The van der Waals surface area contributed by atoms with Crippen molar-refractivity contribution >= 4 is 52.2 Å². The Morgan fingerprint density at radius 2 is 2.07 bits per heavy atom. The van der Waals surface area contributed by atoms with E-state index in [9.17, 15) is 23.9 Å². The summed E-state index contributed by atoms with van der Waals surface area (Å²) in [5.41, 5.74) is 0.254. The van der Waals surface area contributed by atoms with Gasteiger partial charge in [-0.3, -0.25) is 14.5 Å². The predicted octanol–water partition coefficient (Wildman–Crippen LogP) is 2.88. The van der Waals surface area contributed by atoms with Gasteiger partial charge in [-0.1, -0.05) is 42.2 Å². The number of thioether (sulfide) groups is 1. The topological polar surface area (TPSA) is 77.9 Å². The Morgan fingerprint density at radius 1 is 1.36 bits per heavy atom. The molecule has 0 spiro atoms. The number of carbonyl (C=O) groups is 3. The monoisotopic (exact) mass is 422 g/mol. The van der Waals surface area contributed by atoms with Gasteiger partial charge in [-0.05, 0) is 38.3 Å². The van der Waals surface area contributed by atoms with Gasteiger partial charge in [-0.2, -0.15) is 0 Å². The first-order valence-electron chi connectivity index (χ1n) is 8.86. The number of nitrogens with zero attached hydrogens (tertiary/aromatic N) is 2. The SMILES string of the molecule is CC(C(=O)N1CCCCC1C(=O)O)N1C(=O)C(=Cc2ccccc2F)SC1=S. The molecule has 1 aromatic rings. The number of halogens is 1. The molecule has 0 bridgehead atoms. The van der Waals surface area contributed by atoms with Crippen LogP contribution >= 0.6 is 24.0 Å². The molecule has 0 radical (unpaired) electrons. The maximum Gasteiger partial charge on any atom is 0.326 e. The van der Waals surface area contributed by atoms with Crippen molar-refractivity contribution in [2.45, 2.75) is 38.3 Å². The molecule has 2 aliphatic heterocycles. The van der Waals surface area contributed by atoms with Gasteiger partial charge < -0.3 is 10.0 Å². The van der Waals surface area contributed by atoms with E-state index in [2.05, 4.69) is 0 Å². The van der Waals surface area contributed by atoms with Crippen LogP contribution in [0.4, 0.5) is 4.39 Å². The van der Waals surface area contributed by atoms with Crippen LogP contribution in [-0.4, -0.2) is 55.6 Å². The van der Waals surface area contributed by atoms with Crippen LogP contribution in [0.1, 0.15) is 31.7 Å². The second kappa shape index (κ2) is 8.40. The zero-order valence-electron chi connectivity index (χ0n) is 15.1. The van der Waals surface area contributed by atoms with Crippen LogP contribution in [0.5, 0.6) is 0 Å². The summed E-state index contributed by atoms with van der Waals surface area (Å²) in [6, 6.07) is 4.22. The van der Waals surface area contributed by atoms with Gasteiger partial charge in [0.05, 0.1) is 4.91 Å². The minimum absolute atomic E-state index is 0.192. The highest BCUT2D eigenvalue weighted by molar-refractivity contribution is 8.26. The van der Waals surface area contributed by atoms with Crippen molar-refractivity contribution in [2.24, 2.45) is 0 Å².